The maximum Gasteiger partial charge on any atom is 0.272 e. The second-order valence-electron chi connectivity index (χ2n) is 5.14. The molecule has 104 valence electrons. The van der Waals surface area contributed by atoms with Gasteiger partial charge in [0.25, 0.3) is 5.91 Å². The van der Waals surface area contributed by atoms with E-state index in [1.807, 2.05) is 24.0 Å². The van der Waals surface area contributed by atoms with E-state index in [0.717, 1.165) is 24.2 Å². The lowest BCUT2D eigenvalue weighted by atomic mass is 10.0. The van der Waals surface area contributed by atoms with E-state index < -0.39 is 0 Å². The standard InChI is InChI=1S/C14H17N5O/c1-9-3-2-5-16-12(9)14(20)19-6-4-10(8-19)13-11(15)7-17-18-13/h2-3,5,7,10H,4,6,8,15H2,1H3,(H,17,18). The van der Waals surface area contributed by atoms with Crippen LogP contribution in [0.25, 0.3) is 0 Å². The van der Waals surface area contributed by atoms with Crippen molar-refractivity contribution in [1.82, 2.24) is 20.1 Å². The first-order valence-corrected chi connectivity index (χ1v) is 6.66. The van der Waals surface area contributed by atoms with Crippen LogP contribution in [0.2, 0.25) is 0 Å². The number of amides is 1. The number of nitrogens with zero attached hydrogens (tertiary/aromatic N) is 3. The average molecular weight is 271 g/mol. The molecule has 0 bridgehead atoms. The highest BCUT2D eigenvalue weighted by Crippen LogP contribution is 2.29. The lowest BCUT2D eigenvalue weighted by Crippen LogP contribution is -2.29. The molecule has 0 aromatic carbocycles. The molecule has 1 fully saturated rings. The van der Waals surface area contributed by atoms with Gasteiger partial charge >= 0.3 is 0 Å². The van der Waals surface area contributed by atoms with Crippen molar-refractivity contribution in [3.8, 4) is 0 Å². The summed E-state index contributed by atoms with van der Waals surface area (Å²) in [5.74, 6) is 0.217. The van der Waals surface area contributed by atoms with E-state index in [4.69, 9.17) is 5.73 Å². The maximum absolute atomic E-state index is 12.5. The fraction of sp³-hybridized carbons (Fsp3) is 0.357. The van der Waals surface area contributed by atoms with Crippen LogP contribution in [-0.4, -0.2) is 39.1 Å². The molecule has 3 heterocycles. The van der Waals surface area contributed by atoms with Crippen LogP contribution in [0.3, 0.4) is 0 Å². The van der Waals surface area contributed by atoms with Crippen LogP contribution in [-0.2, 0) is 0 Å². The molecule has 1 amide bonds. The topological polar surface area (TPSA) is 87.9 Å². The highest BCUT2D eigenvalue weighted by atomic mass is 16.2. The number of hydrogen-bond donors (Lipinski definition) is 2. The van der Waals surface area contributed by atoms with Crippen molar-refractivity contribution < 1.29 is 4.79 Å². The molecule has 0 saturated carbocycles. The van der Waals surface area contributed by atoms with Gasteiger partial charge in [-0.3, -0.25) is 14.9 Å². The molecule has 0 aliphatic carbocycles. The summed E-state index contributed by atoms with van der Waals surface area (Å²) >= 11 is 0. The van der Waals surface area contributed by atoms with Crippen molar-refractivity contribution in [3.63, 3.8) is 0 Å². The van der Waals surface area contributed by atoms with Crippen LogP contribution in [0.4, 0.5) is 5.69 Å². The number of H-pyrrole nitrogens is 1. The first-order valence-electron chi connectivity index (χ1n) is 6.66. The molecule has 1 unspecified atom stereocenters. The number of nitrogens with two attached hydrogens (primary N) is 1. The number of rotatable bonds is 2. The molecule has 3 rings (SSSR count). The van der Waals surface area contributed by atoms with Gasteiger partial charge in [0.15, 0.2) is 0 Å². The Bertz CT molecular complexity index is 636. The molecule has 1 saturated heterocycles. The van der Waals surface area contributed by atoms with Gasteiger partial charge in [0.1, 0.15) is 5.69 Å². The summed E-state index contributed by atoms with van der Waals surface area (Å²) in [4.78, 5) is 18.5. The molecule has 3 N–H and O–H groups in total. The third-order valence-electron chi connectivity index (χ3n) is 3.80. The summed E-state index contributed by atoms with van der Waals surface area (Å²) in [5, 5.41) is 6.87. The predicted octanol–water partition coefficient (Wildman–Crippen LogP) is 1.33. The first kappa shape index (κ1) is 12.7. The van der Waals surface area contributed by atoms with Gasteiger partial charge < -0.3 is 10.6 Å². The average Bonchev–Trinajstić information content (AvgIpc) is 3.07. The van der Waals surface area contributed by atoms with Gasteiger partial charge in [-0.2, -0.15) is 5.10 Å². The highest BCUT2D eigenvalue weighted by Gasteiger charge is 2.30. The zero-order valence-corrected chi connectivity index (χ0v) is 11.3. The number of aryl methyl sites for hydroxylation is 1. The number of hydrogen-bond acceptors (Lipinski definition) is 4. The van der Waals surface area contributed by atoms with Crippen molar-refractivity contribution in [3.05, 3.63) is 41.5 Å². The van der Waals surface area contributed by atoms with Crippen molar-refractivity contribution in [2.24, 2.45) is 0 Å². The lowest BCUT2D eigenvalue weighted by molar-refractivity contribution is 0.0784. The van der Waals surface area contributed by atoms with E-state index in [1.165, 1.54) is 0 Å². The van der Waals surface area contributed by atoms with Crippen LogP contribution in [0.15, 0.2) is 24.5 Å². The fourth-order valence-electron chi connectivity index (χ4n) is 2.67. The minimum atomic E-state index is -0.0105. The zero-order valence-electron chi connectivity index (χ0n) is 11.3. The molecule has 6 nitrogen and oxygen atoms in total. The first-order chi connectivity index (χ1) is 9.66. The Morgan fingerprint density at radius 3 is 3.10 bits per heavy atom. The monoisotopic (exact) mass is 271 g/mol. The van der Waals surface area contributed by atoms with Gasteiger partial charge in [-0.05, 0) is 25.0 Å². The van der Waals surface area contributed by atoms with E-state index in [0.29, 0.717) is 17.9 Å². The summed E-state index contributed by atoms with van der Waals surface area (Å²) in [5.41, 5.74) is 8.90. The van der Waals surface area contributed by atoms with Gasteiger partial charge in [0.2, 0.25) is 0 Å². The van der Waals surface area contributed by atoms with Crippen molar-refractivity contribution >= 4 is 11.6 Å². The van der Waals surface area contributed by atoms with Crippen LogP contribution in [0, 0.1) is 6.92 Å². The number of aromatic amines is 1. The molecule has 1 aliphatic heterocycles. The molecule has 2 aromatic rings. The van der Waals surface area contributed by atoms with E-state index in [-0.39, 0.29) is 11.8 Å². The summed E-state index contributed by atoms with van der Waals surface area (Å²) in [6.45, 7) is 3.28. The highest BCUT2D eigenvalue weighted by molar-refractivity contribution is 5.93. The molecule has 0 radical (unpaired) electrons. The number of anilines is 1. The Labute approximate surface area is 117 Å². The molecule has 1 atom stereocenters. The third kappa shape index (κ3) is 2.13. The summed E-state index contributed by atoms with van der Waals surface area (Å²) < 4.78 is 0. The molecule has 2 aromatic heterocycles. The van der Waals surface area contributed by atoms with E-state index >= 15 is 0 Å². The smallest absolute Gasteiger partial charge is 0.272 e. The number of nitrogens with one attached hydrogen (secondary N) is 1. The largest absolute Gasteiger partial charge is 0.396 e. The zero-order chi connectivity index (χ0) is 14.1. The van der Waals surface area contributed by atoms with Gasteiger partial charge in [0, 0.05) is 25.2 Å². The van der Waals surface area contributed by atoms with Gasteiger partial charge in [-0.25, -0.2) is 0 Å². The molecule has 20 heavy (non-hydrogen) atoms. The molecule has 6 heteroatoms. The van der Waals surface area contributed by atoms with Gasteiger partial charge in [0.05, 0.1) is 17.6 Å². The minimum Gasteiger partial charge on any atom is -0.396 e. The van der Waals surface area contributed by atoms with Crippen molar-refractivity contribution in [2.75, 3.05) is 18.8 Å². The van der Waals surface area contributed by atoms with Gasteiger partial charge in [-0.15, -0.1) is 0 Å². The quantitative estimate of drug-likeness (QED) is 0.862. The van der Waals surface area contributed by atoms with E-state index in [9.17, 15) is 4.79 Å². The molecular formula is C14H17N5O. The lowest BCUT2D eigenvalue weighted by Gasteiger charge is -2.16. The number of carbonyl (C=O) groups excluding carboxylic acids is 1. The molecular weight excluding hydrogens is 254 g/mol. The Balaban J connectivity index is 1.76. The normalized spacial score (nSPS) is 18.4. The number of pyridine rings is 1. The van der Waals surface area contributed by atoms with Crippen molar-refractivity contribution in [1.29, 1.82) is 0 Å². The second-order valence-corrected chi connectivity index (χ2v) is 5.14. The Hall–Kier alpha value is -2.37. The van der Waals surface area contributed by atoms with Crippen LogP contribution in [0.5, 0.6) is 0 Å². The Morgan fingerprint density at radius 2 is 2.40 bits per heavy atom. The number of likely N-dealkylation sites (tertiary alicyclic amines) is 1. The number of nitrogen functional groups attached to an aromatic ring is 1. The number of aromatic nitrogens is 3. The van der Waals surface area contributed by atoms with Crippen LogP contribution in [0.1, 0.15) is 34.1 Å². The van der Waals surface area contributed by atoms with Gasteiger partial charge in [-0.1, -0.05) is 6.07 Å². The summed E-state index contributed by atoms with van der Waals surface area (Å²) in [6.07, 6.45) is 4.16. The SMILES string of the molecule is Cc1cccnc1C(=O)N1CCC(c2[nH]ncc2N)C1. The third-order valence-corrected chi connectivity index (χ3v) is 3.80. The summed E-state index contributed by atoms with van der Waals surface area (Å²) in [7, 11) is 0. The van der Waals surface area contributed by atoms with E-state index in [2.05, 4.69) is 15.2 Å². The molecule has 0 spiro atoms. The number of carbonyl (C=O) groups is 1. The van der Waals surface area contributed by atoms with Crippen molar-refractivity contribution in [2.45, 2.75) is 19.3 Å². The Morgan fingerprint density at radius 1 is 1.55 bits per heavy atom. The molecule has 1 aliphatic rings. The predicted molar refractivity (Wildman–Crippen MR) is 75.2 cm³/mol. The maximum atomic E-state index is 12.5. The Kier molecular flexibility index (Phi) is 3.14. The van der Waals surface area contributed by atoms with Crippen LogP contribution < -0.4 is 5.73 Å². The van der Waals surface area contributed by atoms with Crippen LogP contribution >= 0.6 is 0 Å². The second kappa shape index (κ2) is 4.96. The fourth-order valence-corrected chi connectivity index (χ4v) is 2.67. The minimum absolute atomic E-state index is 0.0105. The summed E-state index contributed by atoms with van der Waals surface area (Å²) in [6, 6.07) is 3.74. The van der Waals surface area contributed by atoms with E-state index in [1.54, 1.807) is 12.4 Å².